The summed E-state index contributed by atoms with van der Waals surface area (Å²) in [5, 5.41) is 0. The zero-order chi connectivity index (χ0) is 22.4. The number of rotatable bonds is 9. The van der Waals surface area contributed by atoms with Gasteiger partial charge in [0.1, 0.15) is 10.1 Å². The molecule has 0 spiro atoms. The lowest BCUT2D eigenvalue weighted by atomic mass is 10.1. The number of ether oxygens (including phenoxy) is 3. The molecule has 1 heterocycles. The lowest BCUT2D eigenvalue weighted by Gasteiger charge is -2.12. The van der Waals surface area contributed by atoms with Crippen LogP contribution >= 0.6 is 24.0 Å². The van der Waals surface area contributed by atoms with Gasteiger partial charge < -0.3 is 14.2 Å². The molecule has 2 aromatic rings. The maximum absolute atomic E-state index is 12.4. The first-order valence-corrected chi connectivity index (χ1v) is 11.4. The summed E-state index contributed by atoms with van der Waals surface area (Å²) in [7, 11) is 1.60. The number of hydrogen-bond acceptors (Lipinski definition) is 6. The van der Waals surface area contributed by atoms with Gasteiger partial charge in [-0.2, -0.15) is 0 Å². The fourth-order valence-corrected chi connectivity index (χ4v) is 4.44. The van der Waals surface area contributed by atoms with Gasteiger partial charge in [-0.05, 0) is 67.8 Å². The van der Waals surface area contributed by atoms with Gasteiger partial charge in [0.15, 0.2) is 11.5 Å². The summed E-state index contributed by atoms with van der Waals surface area (Å²) in [5.74, 6) is 2.10. The van der Waals surface area contributed by atoms with Crippen molar-refractivity contribution < 1.29 is 19.0 Å². The third-order valence-corrected chi connectivity index (χ3v) is 6.35. The SMILES string of the molecule is CCN1C(=O)C(=Cc2ccc(OCCCOc3ccc(C)c(C)c3)c(OC)c2)SC1=S. The number of aryl methyl sites for hydroxylation is 2. The molecular formula is C24H27NO4S2. The summed E-state index contributed by atoms with van der Waals surface area (Å²) in [6.45, 7) is 7.73. The van der Waals surface area contributed by atoms with Crippen LogP contribution in [0, 0.1) is 13.8 Å². The lowest BCUT2D eigenvalue weighted by Crippen LogP contribution is -2.27. The Kier molecular flexibility index (Phi) is 7.98. The molecule has 0 atom stereocenters. The average Bonchev–Trinajstić information content (AvgIpc) is 3.03. The number of thiocarbonyl (C=S) groups is 1. The highest BCUT2D eigenvalue weighted by Crippen LogP contribution is 2.34. The third kappa shape index (κ3) is 5.80. The molecule has 0 N–H and O–H groups in total. The number of carbonyl (C=O) groups is 1. The summed E-state index contributed by atoms with van der Waals surface area (Å²) in [5.41, 5.74) is 3.33. The Morgan fingerprint density at radius 1 is 1.03 bits per heavy atom. The van der Waals surface area contributed by atoms with E-state index < -0.39 is 0 Å². The van der Waals surface area contributed by atoms with E-state index in [2.05, 4.69) is 19.9 Å². The van der Waals surface area contributed by atoms with Gasteiger partial charge in [0.25, 0.3) is 5.91 Å². The number of amides is 1. The van der Waals surface area contributed by atoms with Crippen LogP contribution in [-0.4, -0.2) is 42.0 Å². The van der Waals surface area contributed by atoms with Crippen LogP contribution in [0.2, 0.25) is 0 Å². The Balaban J connectivity index is 1.55. The monoisotopic (exact) mass is 457 g/mol. The molecule has 1 amide bonds. The van der Waals surface area contributed by atoms with Crippen LogP contribution in [0.25, 0.3) is 6.08 Å². The normalized spacial score (nSPS) is 15.0. The molecule has 1 saturated heterocycles. The molecule has 164 valence electrons. The first kappa shape index (κ1) is 23.2. The number of hydrogen-bond donors (Lipinski definition) is 0. The van der Waals surface area contributed by atoms with Crippen molar-refractivity contribution in [3.05, 3.63) is 58.0 Å². The van der Waals surface area contributed by atoms with Crippen LogP contribution in [0.1, 0.15) is 30.0 Å². The molecule has 0 saturated carbocycles. The molecule has 0 unspecified atom stereocenters. The molecule has 7 heteroatoms. The smallest absolute Gasteiger partial charge is 0.266 e. The number of thioether (sulfide) groups is 1. The van der Waals surface area contributed by atoms with E-state index in [1.54, 1.807) is 12.0 Å². The number of nitrogens with zero attached hydrogens (tertiary/aromatic N) is 1. The minimum absolute atomic E-state index is 0.0550. The Morgan fingerprint density at radius 2 is 1.81 bits per heavy atom. The van der Waals surface area contributed by atoms with Crippen LogP contribution in [0.15, 0.2) is 41.3 Å². The van der Waals surface area contributed by atoms with Crippen molar-refractivity contribution in [1.29, 1.82) is 0 Å². The number of methoxy groups -OCH3 is 1. The Bertz CT molecular complexity index is 1000. The van der Waals surface area contributed by atoms with Crippen molar-refractivity contribution in [2.75, 3.05) is 26.9 Å². The molecule has 0 radical (unpaired) electrons. The van der Waals surface area contributed by atoms with E-state index in [1.165, 1.54) is 22.9 Å². The molecular weight excluding hydrogens is 430 g/mol. The standard InChI is InChI=1S/C24H27NO4S2/c1-5-25-23(26)22(31-24(25)30)15-18-8-10-20(21(14-18)27-4)29-12-6-11-28-19-9-7-16(2)17(3)13-19/h7-10,13-15H,5-6,11-12H2,1-4H3. The van der Waals surface area contributed by atoms with Crippen molar-refractivity contribution in [3.63, 3.8) is 0 Å². The van der Waals surface area contributed by atoms with Crippen LogP contribution in [-0.2, 0) is 4.79 Å². The zero-order valence-corrected chi connectivity index (χ0v) is 19.9. The molecule has 5 nitrogen and oxygen atoms in total. The molecule has 0 bridgehead atoms. The maximum Gasteiger partial charge on any atom is 0.266 e. The van der Waals surface area contributed by atoms with E-state index in [1.807, 2.05) is 43.3 Å². The van der Waals surface area contributed by atoms with Crippen LogP contribution in [0.3, 0.4) is 0 Å². The quantitative estimate of drug-likeness (QED) is 0.286. The van der Waals surface area contributed by atoms with Crippen LogP contribution < -0.4 is 14.2 Å². The number of benzene rings is 2. The zero-order valence-electron chi connectivity index (χ0n) is 18.3. The van der Waals surface area contributed by atoms with Crippen molar-refractivity contribution in [2.24, 2.45) is 0 Å². The Labute approximate surface area is 193 Å². The molecule has 1 aliphatic rings. The summed E-state index contributed by atoms with van der Waals surface area (Å²) in [6.07, 6.45) is 2.58. The van der Waals surface area contributed by atoms with E-state index in [-0.39, 0.29) is 5.91 Å². The predicted molar refractivity (Wildman–Crippen MR) is 130 cm³/mol. The fourth-order valence-electron chi connectivity index (χ4n) is 3.05. The lowest BCUT2D eigenvalue weighted by molar-refractivity contribution is -0.121. The molecule has 1 aliphatic heterocycles. The van der Waals surface area contributed by atoms with Crippen LogP contribution in [0.4, 0.5) is 0 Å². The second-order valence-corrected chi connectivity index (χ2v) is 8.81. The molecule has 0 aliphatic carbocycles. The molecule has 1 fully saturated rings. The molecule has 0 aromatic heterocycles. The second kappa shape index (κ2) is 10.7. The average molecular weight is 458 g/mol. The van der Waals surface area contributed by atoms with Crippen molar-refractivity contribution >= 4 is 40.3 Å². The summed E-state index contributed by atoms with van der Waals surface area (Å²) < 4.78 is 17.7. The van der Waals surface area contributed by atoms with Gasteiger partial charge in [-0.25, -0.2) is 0 Å². The first-order chi connectivity index (χ1) is 14.9. The van der Waals surface area contributed by atoms with E-state index in [9.17, 15) is 4.79 Å². The molecule has 31 heavy (non-hydrogen) atoms. The highest BCUT2D eigenvalue weighted by Gasteiger charge is 2.30. The molecule has 3 rings (SSSR count). The minimum Gasteiger partial charge on any atom is -0.493 e. The van der Waals surface area contributed by atoms with E-state index >= 15 is 0 Å². The largest absolute Gasteiger partial charge is 0.493 e. The van der Waals surface area contributed by atoms with Gasteiger partial charge in [0, 0.05) is 13.0 Å². The van der Waals surface area contributed by atoms with Crippen LogP contribution in [0.5, 0.6) is 17.2 Å². The van der Waals surface area contributed by atoms with Crippen molar-refractivity contribution in [2.45, 2.75) is 27.2 Å². The maximum atomic E-state index is 12.4. The Morgan fingerprint density at radius 3 is 2.48 bits per heavy atom. The van der Waals surface area contributed by atoms with Gasteiger partial charge >= 0.3 is 0 Å². The highest BCUT2D eigenvalue weighted by atomic mass is 32.2. The van der Waals surface area contributed by atoms with E-state index in [4.69, 9.17) is 26.4 Å². The van der Waals surface area contributed by atoms with Crippen molar-refractivity contribution in [3.8, 4) is 17.2 Å². The Hall–Kier alpha value is -2.51. The van der Waals surface area contributed by atoms with Gasteiger partial charge in [-0.15, -0.1) is 0 Å². The van der Waals surface area contributed by atoms with Gasteiger partial charge in [0.2, 0.25) is 0 Å². The van der Waals surface area contributed by atoms with Gasteiger partial charge in [-0.3, -0.25) is 9.69 Å². The first-order valence-electron chi connectivity index (χ1n) is 10.2. The summed E-state index contributed by atoms with van der Waals surface area (Å²) in [6, 6.07) is 11.7. The predicted octanol–water partition coefficient (Wildman–Crippen LogP) is 5.38. The van der Waals surface area contributed by atoms with Crippen molar-refractivity contribution in [1.82, 2.24) is 4.90 Å². The minimum atomic E-state index is -0.0550. The fraction of sp³-hybridized carbons (Fsp3) is 0.333. The second-order valence-electron chi connectivity index (χ2n) is 7.13. The summed E-state index contributed by atoms with van der Waals surface area (Å²) >= 11 is 6.58. The van der Waals surface area contributed by atoms with E-state index in [0.717, 1.165) is 17.7 Å². The summed E-state index contributed by atoms with van der Waals surface area (Å²) in [4.78, 5) is 14.6. The molecule has 2 aromatic carbocycles. The third-order valence-electron chi connectivity index (χ3n) is 4.97. The highest BCUT2D eigenvalue weighted by molar-refractivity contribution is 8.26. The number of carbonyl (C=O) groups excluding carboxylic acids is 1. The number of likely N-dealkylation sites (N-methyl/N-ethyl adjacent to an activating group) is 1. The van der Waals surface area contributed by atoms with Gasteiger partial charge in [0.05, 0.1) is 25.2 Å². The van der Waals surface area contributed by atoms with Gasteiger partial charge in [-0.1, -0.05) is 36.1 Å². The topological polar surface area (TPSA) is 48.0 Å². The van der Waals surface area contributed by atoms with E-state index in [0.29, 0.717) is 40.5 Å².